The molecule has 0 aromatic heterocycles. The van der Waals surface area contributed by atoms with E-state index in [0.29, 0.717) is 5.69 Å². The van der Waals surface area contributed by atoms with E-state index in [1.165, 1.54) is 7.11 Å². The van der Waals surface area contributed by atoms with Crippen LogP contribution in [0.4, 0.5) is 5.69 Å². The van der Waals surface area contributed by atoms with Crippen LogP contribution in [0, 0.1) is 6.92 Å². The summed E-state index contributed by atoms with van der Waals surface area (Å²) in [6.07, 6.45) is 0. The van der Waals surface area contributed by atoms with Crippen molar-refractivity contribution in [1.82, 2.24) is 4.72 Å². The molecule has 0 saturated carbocycles. The Labute approximate surface area is 108 Å². The molecule has 0 fully saturated rings. The number of methoxy groups -OCH3 is 1. The highest BCUT2D eigenvalue weighted by Gasteiger charge is 2.26. The monoisotopic (exact) mass is 272 g/mol. The van der Waals surface area contributed by atoms with Gasteiger partial charge in [0.1, 0.15) is 4.90 Å². The Hall–Kier alpha value is -1.27. The van der Waals surface area contributed by atoms with E-state index in [0.717, 1.165) is 5.56 Å². The fourth-order valence-electron chi connectivity index (χ4n) is 1.64. The zero-order valence-corrected chi connectivity index (χ0v) is 12.2. The molecule has 0 radical (unpaired) electrons. The SMILES string of the molecule is COc1c(N)cc(C)cc1S(=O)(=O)NC(C)(C)C. The highest BCUT2D eigenvalue weighted by atomic mass is 32.2. The maximum Gasteiger partial charge on any atom is 0.244 e. The lowest BCUT2D eigenvalue weighted by molar-refractivity contribution is 0.403. The molecule has 0 amide bonds. The molecule has 18 heavy (non-hydrogen) atoms. The number of nitrogens with two attached hydrogens (primary N) is 1. The Balaban J connectivity index is 3.41. The first-order chi connectivity index (χ1) is 8.07. The van der Waals surface area contributed by atoms with Crippen molar-refractivity contribution in [3.05, 3.63) is 17.7 Å². The standard InChI is InChI=1S/C12H20N2O3S/c1-8-6-9(13)11(17-5)10(7-8)18(15,16)14-12(2,3)4/h6-7,14H,13H2,1-5H3. The van der Waals surface area contributed by atoms with Gasteiger partial charge in [-0.15, -0.1) is 0 Å². The van der Waals surface area contributed by atoms with Crippen molar-refractivity contribution in [3.63, 3.8) is 0 Å². The Morgan fingerprint density at radius 3 is 2.28 bits per heavy atom. The fraction of sp³-hybridized carbons (Fsp3) is 0.500. The smallest absolute Gasteiger partial charge is 0.244 e. The predicted molar refractivity (Wildman–Crippen MR) is 72.2 cm³/mol. The highest BCUT2D eigenvalue weighted by Crippen LogP contribution is 2.32. The van der Waals surface area contributed by atoms with Gasteiger partial charge in [-0.3, -0.25) is 0 Å². The third-order valence-corrected chi connectivity index (χ3v) is 3.93. The molecule has 0 saturated heterocycles. The van der Waals surface area contributed by atoms with E-state index in [4.69, 9.17) is 10.5 Å². The minimum absolute atomic E-state index is 0.0671. The summed E-state index contributed by atoms with van der Waals surface area (Å²) in [5.41, 5.74) is 6.29. The summed E-state index contributed by atoms with van der Waals surface area (Å²) < 4.78 is 32.2. The van der Waals surface area contributed by atoms with Crippen LogP contribution in [0.25, 0.3) is 0 Å². The lowest BCUT2D eigenvalue weighted by Gasteiger charge is -2.22. The molecule has 1 aromatic rings. The van der Waals surface area contributed by atoms with Crippen LogP contribution >= 0.6 is 0 Å². The lowest BCUT2D eigenvalue weighted by Crippen LogP contribution is -2.40. The molecular formula is C12H20N2O3S. The summed E-state index contributed by atoms with van der Waals surface area (Å²) in [4.78, 5) is 0.0671. The molecule has 0 heterocycles. The second-order valence-corrected chi connectivity index (χ2v) is 6.89. The first-order valence-electron chi connectivity index (χ1n) is 5.55. The van der Waals surface area contributed by atoms with Crippen LogP contribution in [0.5, 0.6) is 5.75 Å². The van der Waals surface area contributed by atoms with Gasteiger partial charge in [-0.25, -0.2) is 13.1 Å². The van der Waals surface area contributed by atoms with Gasteiger partial charge in [-0.2, -0.15) is 0 Å². The lowest BCUT2D eigenvalue weighted by atomic mass is 10.1. The van der Waals surface area contributed by atoms with Gasteiger partial charge in [0.25, 0.3) is 0 Å². The zero-order chi connectivity index (χ0) is 14.1. The second kappa shape index (κ2) is 4.78. The fourth-order valence-corrected chi connectivity index (χ4v) is 3.35. The Kier molecular flexibility index (Phi) is 3.92. The second-order valence-electron chi connectivity index (χ2n) is 5.24. The molecule has 6 heteroatoms. The number of hydrogen-bond donors (Lipinski definition) is 2. The summed E-state index contributed by atoms with van der Waals surface area (Å²) in [6.45, 7) is 7.11. The molecule has 0 aliphatic rings. The van der Waals surface area contributed by atoms with Crippen LogP contribution in [0.2, 0.25) is 0 Å². The summed E-state index contributed by atoms with van der Waals surface area (Å²) >= 11 is 0. The molecular weight excluding hydrogens is 252 g/mol. The van der Waals surface area contributed by atoms with E-state index in [2.05, 4.69) is 4.72 Å². The number of anilines is 1. The number of nitrogen functional groups attached to an aromatic ring is 1. The number of ether oxygens (including phenoxy) is 1. The van der Waals surface area contributed by atoms with Gasteiger partial charge < -0.3 is 10.5 Å². The summed E-state index contributed by atoms with van der Waals surface area (Å²) in [5.74, 6) is 0.178. The van der Waals surface area contributed by atoms with E-state index in [1.807, 2.05) is 0 Å². The molecule has 1 rings (SSSR count). The Morgan fingerprint density at radius 2 is 1.83 bits per heavy atom. The molecule has 1 aromatic carbocycles. The number of aryl methyl sites for hydroxylation is 1. The predicted octanol–water partition coefficient (Wildman–Crippen LogP) is 1.66. The van der Waals surface area contributed by atoms with Gasteiger partial charge in [-0.1, -0.05) is 0 Å². The van der Waals surface area contributed by atoms with Crippen molar-refractivity contribution in [2.24, 2.45) is 0 Å². The van der Waals surface area contributed by atoms with E-state index in [-0.39, 0.29) is 10.6 Å². The van der Waals surface area contributed by atoms with Crippen LogP contribution < -0.4 is 15.2 Å². The maximum atomic E-state index is 12.3. The molecule has 0 unspecified atom stereocenters. The van der Waals surface area contributed by atoms with Crippen LogP contribution in [-0.2, 0) is 10.0 Å². The molecule has 3 N–H and O–H groups in total. The average molecular weight is 272 g/mol. The van der Waals surface area contributed by atoms with Crippen molar-refractivity contribution < 1.29 is 13.2 Å². The van der Waals surface area contributed by atoms with Crippen molar-refractivity contribution >= 4 is 15.7 Å². The molecule has 0 atom stereocenters. The van der Waals surface area contributed by atoms with Crippen LogP contribution in [0.15, 0.2) is 17.0 Å². The normalized spacial score (nSPS) is 12.5. The number of sulfonamides is 1. The molecule has 5 nitrogen and oxygen atoms in total. The molecule has 0 aliphatic heterocycles. The minimum Gasteiger partial charge on any atom is -0.493 e. The topological polar surface area (TPSA) is 81.4 Å². The van der Waals surface area contributed by atoms with Gasteiger partial charge >= 0.3 is 0 Å². The molecule has 0 bridgehead atoms. The largest absolute Gasteiger partial charge is 0.493 e. The zero-order valence-electron chi connectivity index (χ0n) is 11.4. The number of nitrogens with one attached hydrogen (secondary N) is 1. The number of rotatable bonds is 3. The summed E-state index contributed by atoms with van der Waals surface area (Å²) in [6, 6.07) is 3.22. The van der Waals surface area contributed by atoms with Crippen LogP contribution in [-0.4, -0.2) is 21.1 Å². The summed E-state index contributed by atoms with van der Waals surface area (Å²) in [5, 5.41) is 0. The van der Waals surface area contributed by atoms with Crippen molar-refractivity contribution in [2.45, 2.75) is 38.1 Å². The maximum absolute atomic E-state index is 12.3. The molecule has 102 valence electrons. The number of hydrogen-bond acceptors (Lipinski definition) is 4. The van der Waals surface area contributed by atoms with E-state index >= 15 is 0 Å². The van der Waals surface area contributed by atoms with Gasteiger partial charge in [0.15, 0.2) is 5.75 Å². The average Bonchev–Trinajstić information content (AvgIpc) is 2.12. The van der Waals surface area contributed by atoms with E-state index < -0.39 is 15.6 Å². The summed E-state index contributed by atoms with van der Waals surface area (Å²) in [7, 11) is -2.26. The third kappa shape index (κ3) is 3.36. The molecule has 0 aliphatic carbocycles. The quantitative estimate of drug-likeness (QED) is 0.820. The van der Waals surface area contributed by atoms with Crippen molar-refractivity contribution in [3.8, 4) is 5.75 Å². The van der Waals surface area contributed by atoms with Gasteiger partial charge in [0.05, 0.1) is 12.8 Å². The first-order valence-corrected chi connectivity index (χ1v) is 7.03. The number of benzene rings is 1. The third-order valence-electron chi connectivity index (χ3n) is 2.16. The van der Waals surface area contributed by atoms with Gasteiger partial charge in [0, 0.05) is 5.54 Å². The van der Waals surface area contributed by atoms with Crippen LogP contribution in [0.1, 0.15) is 26.3 Å². The highest BCUT2D eigenvalue weighted by molar-refractivity contribution is 7.89. The molecule has 0 spiro atoms. The van der Waals surface area contributed by atoms with Gasteiger partial charge in [-0.05, 0) is 45.4 Å². The van der Waals surface area contributed by atoms with E-state index in [9.17, 15) is 8.42 Å². The van der Waals surface area contributed by atoms with Gasteiger partial charge in [0.2, 0.25) is 10.0 Å². The Morgan fingerprint density at radius 1 is 1.28 bits per heavy atom. The Bertz CT molecular complexity index is 545. The van der Waals surface area contributed by atoms with Crippen LogP contribution in [0.3, 0.4) is 0 Å². The van der Waals surface area contributed by atoms with Crippen molar-refractivity contribution in [2.75, 3.05) is 12.8 Å². The first kappa shape index (κ1) is 14.8. The van der Waals surface area contributed by atoms with E-state index in [1.54, 1.807) is 39.8 Å². The van der Waals surface area contributed by atoms with Crippen molar-refractivity contribution in [1.29, 1.82) is 0 Å². The minimum atomic E-state index is -3.66.